The zero-order valence-electron chi connectivity index (χ0n) is 15.0. The van der Waals surface area contributed by atoms with Gasteiger partial charge in [-0.25, -0.2) is 0 Å². The Kier molecular flexibility index (Phi) is 7.29. The number of nitrogens with zero attached hydrogens (tertiary/aromatic N) is 1. The minimum Gasteiger partial charge on any atom is -0.497 e. The van der Waals surface area contributed by atoms with Crippen LogP contribution < -0.4 is 10.1 Å². The van der Waals surface area contributed by atoms with Crippen LogP contribution in [0.1, 0.15) is 24.1 Å². The third-order valence-corrected chi connectivity index (χ3v) is 4.55. The van der Waals surface area contributed by atoms with Crippen molar-refractivity contribution in [2.75, 3.05) is 27.2 Å². The first-order valence-corrected chi connectivity index (χ1v) is 8.72. The summed E-state index contributed by atoms with van der Waals surface area (Å²) in [5, 5.41) is 3.69. The first kappa shape index (κ1) is 19.3. The van der Waals surface area contributed by atoms with Crippen molar-refractivity contribution in [3.8, 4) is 5.75 Å². The van der Waals surface area contributed by atoms with Crippen LogP contribution in [-0.2, 0) is 11.2 Å². The standard InChI is InChI=1S/C20H25ClN2O2/c1-15(17-6-8-18(21)9-7-17)23(2)14-20(24)22-13-12-16-4-10-19(25-3)11-5-16/h4-11,15H,12-14H2,1-3H3,(H,22,24). The molecule has 4 nitrogen and oxygen atoms in total. The number of carbonyl (C=O) groups excluding carboxylic acids is 1. The van der Waals surface area contributed by atoms with Crippen LogP contribution in [0.4, 0.5) is 0 Å². The average Bonchev–Trinajstić information content (AvgIpc) is 2.62. The number of nitrogens with one attached hydrogen (secondary N) is 1. The van der Waals surface area contributed by atoms with Gasteiger partial charge in [0, 0.05) is 17.6 Å². The van der Waals surface area contributed by atoms with E-state index in [2.05, 4.69) is 12.2 Å². The lowest BCUT2D eigenvalue weighted by atomic mass is 10.1. The summed E-state index contributed by atoms with van der Waals surface area (Å²) in [5.74, 6) is 0.863. The smallest absolute Gasteiger partial charge is 0.234 e. The monoisotopic (exact) mass is 360 g/mol. The van der Waals surface area contributed by atoms with Crippen LogP contribution in [0, 0.1) is 0 Å². The Morgan fingerprint density at radius 1 is 1.16 bits per heavy atom. The Labute approximate surface area is 154 Å². The fraction of sp³-hybridized carbons (Fsp3) is 0.350. The molecular weight excluding hydrogens is 336 g/mol. The van der Waals surface area contributed by atoms with Crippen LogP contribution in [0.15, 0.2) is 48.5 Å². The molecule has 1 amide bonds. The van der Waals surface area contributed by atoms with Gasteiger partial charge < -0.3 is 10.1 Å². The van der Waals surface area contributed by atoms with Gasteiger partial charge in [0.2, 0.25) is 5.91 Å². The van der Waals surface area contributed by atoms with E-state index in [0.717, 1.165) is 22.8 Å². The summed E-state index contributed by atoms with van der Waals surface area (Å²) in [4.78, 5) is 14.2. The summed E-state index contributed by atoms with van der Waals surface area (Å²) >= 11 is 5.92. The van der Waals surface area contributed by atoms with Crippen LogP contribution in [-0.4, -0.2) is 38.1 Å². The predicted molar refractivity (Wildman–Crippen MR) is 102 cm³/mol. The quantitative estimate of drug-likeness (QED) is 0.780. The molecule has 25 heavy (non-hydrogen) atoms. The van der Waals surface area contributed by atoms with Crippen LogP contribution in [0.2, 0.25) is 5.02 Å². The summed E-state index contributed by atoms with van der Waals surface area (Å²) in [7, 11) is 3.60. The minimum absolute atomic E-state index is 0.0248. The number of halogens is 1. The van der Waals surface area contributed by atoms with Crippen molar-refractivity contribution in [1.29, 1.82) is 0 Å². The molecule has 0 heterocycles. The molecule has 5 heteroatoms. The van der Waals surface area contributed by atoms with Gasteiger partial charge in [0.25, 0.3) is 0 Å². The number of benzene rings is 2. The van der Waals surface area contributed by atoms with E-state index in [9.17, 15) is 4.79 Å². The van der Waals surface area contributed by atoms with Crippen molar-refractivity contribution in [2.24, 2.45) is 0 Å². The van der Waals surface area contributed by atoms with Gasteiger partial charge >= 0.3 is 0 Å². The zero-order valence-corrected chi connectivity index (χ0v) is 15.7. The first-order chi connectivity index (χ1) is 12.0. The normalized spacial score (nSPS) is 12.0. The molecule has 0 saturated carbocycles. The fourth-order valence-electron chi connectivity index (χ4n) is 2.55. The molecule has 0 aromatic heterocycles. The van der Waals surface area contributed by atoms with Crippen molar-refractivity contribution < 1.29 is 9.53 Å². The topological polar surface area (TPSA) is 41.6 Å². The molecule has 1 atom stereocenters. The maximum Gasteiger partial charge on any atom is 0.234 e. The second-order valence-electron chi connectivity index (χ2n) is 6.09. The second-order valence-corrected chi connectivity index (χ2v) is 6.53. The summed E-state index contributed by atoms with van der Waals surface area (Å²) in [6, 6.07) is 15.8. The lowest BCUT2D eigenvalue weighted by Crippen LogP contribution is -2.37. The molecule has 134 valence electrons. The van der Waals surface area contributed by atoms with Crippen molar-refractivity contribution in [1.82, 2.24) is 10.2 Å². The Morgan fingerprint density at radius 3 is 2.40 bits per heavy atom. The molecule has 2 aromatic rings. The maximum atomic E-state index is 12.1. The van der Waals surface area contributed by atoms with E-state index < -0.39 is 0 Å². The molecular formula is C20H25ClN2O2. The molecule has 0 aliphatic carbocycles. The third kappa shape index (κ3) is 6.07. The van der Waals surface area contributed by atoms with Crippen LogP contribution in [0.25, 0.3) is 0 Å². The Hall–Kier alpha value is -2.04. The van der Waals surface area contributed by atoms with Gasteiger partial charge in [-0.15, -0.1) is 0 Å². The average molecular weight is 361 g/mol. The Bertz CT molecular complexity index is 671. The molecule has 0 fully saturated rings. The van der Waals surface area contributed by atoms with Crippen molar-refractivity contribution in [2.45, 2.75) is 19.4 Å². The highest BCUT2D eigenvalue weighted by molar-refractivity contribution is 6.30. The van der Waals surface area contributed by atoms with Crippen LogP contribution in [0.3, 0.4) is 0 Å². The van der Waals surface area contributed by atoms with E-state index in [4.69, 9.17) is 16.3 Å². The molecule has 0 bridgehead atoms. The highest BCUT2D eigenvalue weighted by atomic mass is 35.5. The van der Waals surface area contributed by atoms with Crippen molar-refractivity contribution >= 4 is 17.5 Å². The number of rotatable bonds is 8. The number of likely N-dealkylation sites (N-methyl/N-ethyl adjacent to an activating group) is 1. The molecule has 2 rings (SSSR count). The van der Waals surface area contributed by atoms with E-state index in [0.29, 0.717) is 13.1 Å². The van der Waals surface area contributed by atoms with Crippen molar-refractivity contribution in [3.63, 3.8) is 0 Å². The Morgan fingerprint density at radius 2 is 1.80 bits per heavy atom. The molecule has 0 aliphatic heterocycles. The second kappa shape index (κ2) is 9.44. The highest BCUT2D eigenvalue weighted by Gasteiger charge is 2.14. The molecule has 1 N–H and O–H groups in total. The number of amides is 1. The summed E-state index contributed by atoms with van der Waals surface area (Å²) in [5.41, 5.74) is 2.31. The summed E-state index contributed by atoms with van der Waals surface area (Å²) in [6.45, 7) is 3.05. The number of hydrogen-bond donors (Lipinski definition) is 1. The van der Waals surface area contributed by atoms with Gasteiger partial charge in [-0.05, 0) is 55.8 Å². The number of hydrogen-bond acceptors (Lipinski definition) is 3. The van der Waals surface area contributed by atoms with Crippen LogP contribution >= 0.6 is 11.6 Å². The fourth-order valence-corrected chi connectivity index (χ4v) is 2.68. The van der Waals surface area contributed by atoms with Gasteiger partial charge in [0.1, 0.15) is 5.75 Å². The Balaban J connectivity index is 1.75. The van der Waals surface area contributed by atoms with Gasteiger partial charge in [-0.1, -0.05) is 35.9 Å². The maximum absolute atomic E-state index is 12.1. The molecule has 0 spiro atoms. The number of ether oxygens (including phenoxy) is 1. The lowest BCUT2D eigenvalue weighted by molar-refractivity contribution is -0.122. The number of carbonyl (C=O) groups is 1. The van der Waals surface area contributed by atoms with Gasteiger partial charge in [-0.3, -0.25) is 9.69 Å². The van der Waals surface area contributed by atoms with E-state index in [1.807, 2.05) is 60.5 Å². The van der Waals surface area contributed by atoms with E-state index in [1.165, 1.54) is 5.56 Å². The summed E-state index contributed by atoms with van der Waals surface area (Å²) < 4.78 is 5.14. The van der Waals surface area contributed by atoms with Gasteiger partial charge in [-0.2, -0.15) is 0 Å². The van der Waals surface area contributed by atoms with E-state index in [1.54, 1.807) is 7.11 Å². The molecule has 0 radical (unpaired) electrons. The van der Waals surface area contributed by atoms with Crippen molar-refractivity contribution in [3.05, 3.63) is 64.7 Å². The van der Waals surface area contributed by atoms with E-state index in [-0.39, 0.29) is 11.9 Å². The van der Waals surface area contributed by atoms with Gasteiger partial charge in [0.15, 0.2) is 0 Å². The first-order valence-electron chi connectivity index (χ1n) is 8.35. The van der Waals surface area contributed by atoms with Crippen LogP contribution in [0.5, 0.6) is 5.75 Å². The lowest BCUT2D eigenvalue weighted by Gasteiger charge is -2.24. The molecule has 0 saturated heterocycles. The number of methoxy groups -OCH3 is 1. The largest absolute Gasteiger partial charge is 0.497 e. The molecule has 0 aliphatic rings. The minimum atomic E-state index is 0.0248. The summed E-state index contributed by atoms with van der Waals surface area (Å²) in [6.07, 6.45) is 0.798. The third-order valence-electron chi connectivity index (χ3n) is 4.30. The highest BCUT2D eigenvalue weighted by Crippen LogP contribution is 2.20. The SMILES string of the molecule is COc1ccc(CCNC(=O)CN(C)C(C)c2ccc(Cl)cc2)cc1. The molecule has 2 aromatic carbocycles. The predicted octanol–water partition coefficient (Wildman–Crippen LogP) is 3.70. The van der Waals surface area contributed by atoms with Gasteiger partial charge in [0.05, 0.1) is 13.7 Å². The van der Waals surface area contributed by atoms with E-state index >= 15 is 0 Å². The zero-order chi connectivity index (χ0) is 18.2. The molecule has 1 unspecified atom stereocenters.